The van der Waals surface area contributed by atoms with Gasteiger partial charge in [0.2, 0.25) is 0 Å². The summed E-state index contributed by atoms with van der Waals surface area (Å²) in [6, 6.07) is 0. The number of aliphatic imine (C=N–C) groups is 1. The van der Waals surface area contributed by atoms with Crippen molar-refractivity contribution in [3.63, 3.8) is 0 Å². The smallest absolute Gasteiger partial charge is 0.191 e. The van der Waals surface area contributed by atoms with Crippen LogP contribution in [0.4, 0.5) is 0 Å². The van der Waals surface area contributed by atoms with Crippen molar-refractivity contribution in [2.24, 2.45) is 10.4 Å². The van der Waals surface area contributed by atoms with Gasteiger partial charge in [0.1, 0.15) is 0 Å². The largest absolute Gasteiger partial charge is 0.392 e. The molecule has 158 valence electrons. The van der Waals surface area contributed by atoms with Crippen LogP contribution in [0, 0.1) is 5.41 Å². The first-order chi connectivity index (χ1) is 12.6. The number of nitrogens with one attached hydrogen (secondary N) is 2. The summed E-state index contributed by atoms with van der Waals surface area (Å²) in [5.41, 5.74) is 0.141. The minimum Gasteiger partial charge on any atom is -0.392 e. The second kappa shape index (κ2) is 10.6. The van der Waals surface area contributed by atoms with E-state index in [1.807, 2.05) is 7.05 Å². The first kappa shape index (κ1) is 23.2. The van der Waals surface area contributed by atoms with Gasteiger partial charge in [-0.15, -0.1) is 24.0 Å². The lowest BCUT2D eigenvalue weighted by Crippen LogP contribution is -2.59. The molecule has 3 fully saturated rings. The monoisotopic (exact) mass is 494 g/mol. The number of guanidine groups is 1. The van der Waals surface area contributed by atoms with E-state index in [2.05, 4.69) is 27.4 Å². The van der Waals surface area contributed by atoms with E-state index in [0.717, 1.165) is 64.4 Å². The number of likely N-dealkylation sites (tertiary alicyclic amines) is 1. The Kier molecular flexibility index (Phi) is 9.09. The van der Waals surface area contributed by atoms with E-state index in [1.54, 1.807) is 0 Å². The van der Waals surface area contributed by atoms with E-state index in [1.165, 1.54) is 32.4 Å². The highest BCUT2D eigenvalue weighted by molar-refractivity contribution is 14.0. The van der Waals surface area contributed by atoms with Crippen LogP contribution in [0.3, 0.4) is 0 Å². The Morgan fingerprint density at radius 1 is 1.07 bits per heavy atom. The number of ether oxygens (including phenoxy) is 1. The molecule has 6 nitrogen and oxygen atoms in total. The summed E-state index contributed by atoms with van der Waals surface area (Å²) in [4.78, 5) is 7.10. The van der Waals surface area contributed by atoms with Crippen molar-refractivity contribution >= 4 is 29.9 Å². The molecule has 0 spiro atoms. The molecule has 0 aromatic carbocycles. The Morgan fingerprint density at radius 3 is 2.37 bits per heavy atom. The summed E-state index contributed by atoms with van der Waals surface area (Å²) in [6.45, 7) is 8.00. The molecule has 2 saturated heterocycles. The van der Waals surface area contributed by atoms with Gasteiger partial charge in [0, 0.05) is 44.3 Å². The molecule has 0 radical (unpaired) electrons. The standard InChI is InChI=1S/C20H38N4O2.HI/c1-19(8-4-3-7-17(19)25)15-22-18(21-2)23-16-20(9-13-26-14-10-20)24-11-5-6-12-24;/h17,25H,3-16H2,1-2H3,(H2,21,22,23);1H. The Morgan fingerprint density at radius 2 is 1.74 bits per heavy atom. The highest BCUT2D eigenvalue weighted by Gasteiger charge is 2.40. The van der Waals surface area contributed by atoms with Gasteiger partial charge in [-0.1, -0.05) is 19.8 Å². The molecule has 7 heteroatoms. The van der Waals surface area contributed by atoms with Crippen molar-refractivity contribution in [1.82, 2.24) is 15.5 Å². The number of aliphatic hydroxyl groups is 1. The molecular weight excluding hydrogens is 455 g/mol. The lowest BCUT2D eigenvalue weighted by Gasteiger charge is -2.45. The lowest BCUT2D eigenvalue weighted by atomic mass is 9.73. The number of halogens is 1. The Balaban J connectivity index is 0.00000261. The fourth-order valence-corrected chi connectivity index (χ4v) is 4.89. The van der Waals surface area contributed by atoms with Crippen LogP contribution in [0.2, 0.25) is 0 Å². The van der Waals surface area contributed by atoms with E-state index >= 15 is 0 Å². The van der Waals surface area contributed by atoms with Gasteiger partial charge in [0.25, 0.3) is 0 Å². The van der Waals surface area contributed by atoms with E-state index in [9.17, 15) is 5.11 Å². The van der Waals surface area contributed by atoms with Crippen molar-refractivity contribution in [2.45, 2.75) is 69.9 Å². The van der Waals surface area contributed by atoms with Gasteiger partial charge in [-0.2, -0.15) is 0 Å². The second-order valence-corrected chi connectivity index (χ2v) is 8.73. The van der Waals surface area contributed by atoms with Crippen LogP contribution >= 0.6 is 24.0 Å². The number of rotatable bonds is 5. The zero-order chi connectivity index (χ0) is 18.5. The second-order valence-electron chi connectivity index (χ2n) is 8.73. The number of nitrogens with zero attached hydrogens (tertiary/aromatic N) is 2. The van der Waals surface area contributed by atoms with Gasteiger partial charge in [-0.05, 0) is 51.6 Å². The molecule has 1 aliphatic carbocycles. The average molecular weight is 494 g/mol. The zero-order valence-electron chi connectivity index (χ0n) is 17.1. The Labute approximate surface area is 181 Å². The summed E-state index contributed by atoms with van der Waals surface area (Å²) in [5.74, 6) is 0.856. The van der Waals surface area contributed by atoms with Crippen LogP contribution in [0.25, 0.3) is 0 Å². The molecule has 2 aliphatic heterocycles. The van der Waals surface area contributed by atoms with E-state index in [0.29, 0.717) is 0 Å². The minimum atomic E-state index is -0.215. The van der Waals surface area contributed by atoms with Crippen LogP contribution in [0.5, 0.6) is 0 Å². The molecule has 2 heterocycles. The highest BCUT2D eigenvalue weighted by atomic mass is 127. The van der Waals surface area contributed by atoms with Crippen LogP contribution < -0.4 is 10.6 Å². The van der Waals surface area contributed by atoms with E-state index < -0.39 is 0 Å². The minimum absolute atomic E-state index is 0. The maximum Gasteiger partial charge on any atom is 0.191 e. The Bertz CT molecular complexity index is 479. The quantitative estimate of drug-likeness (QED) is 0.311. The van der Waals surface area contributed by atoms with Crippen LogP contribution in [0.15, 0.2) is 4.99 Å². The first-order valence-corrected chi connectivity index (χ1v) is 10.5. The first-order valence-electron chi connectivity index (χ1n) is 10.5. The van der Waals surface area contributed by atoms with Gasteiger partial charge in [0.15, 0.2) is 5.96 Å². The maximum absolute atomic E-state index is 10.4. The number of aliphatic hydroxyl groups excluding tert-OH is 1. The molecule has 3 aliphatic rings. The lowest BCUT2D eigenvalue weighted by molar-refractivity contribution is -0.0166. The van der Waals surface area contributed by atoms with E-state index in [-0.39, 0.29) is 41.0 Å². The third kappa shape index (κ3) is 5.70. The molecule has 2 unspecified atom stereocenters. The fraction of sp³-hybridized carbons (Fsp3) is 0.950. The van der Waals surface area contributed by atoms with Gasteiger partial charge < -0.3 is 20.5 Å². The van der Waals surface area contributed by atoms with Crippen molar-refractivity contribution in [3.8, 4) is 0 Å². The van der Waals surface area contributed by atoms with E-state index in [4.69, 9.17) is 4.74 Å². The van der Waals surface area contributed by atoms with Gasteiger partial charge in [0.05, 0.1) is 6.10 Å². The number of hydrogen-bond acceptors (Lipinski definition) is 4. The molecule has 0 amide bonds. The summed E-state index contributed by atoms with van der Waals surface area (Å²) >= 11 is 0. The zero-order valence-corrected chi connectivity index (χ0v) is 19.5. The molecule has 2 atom stereocenters. The third-order valence-electron chi connectivity index (χ3n) is 6.95. The van der Waals surface area contributed by atoms with Gasteiger partial charge in [-0.3, -0.25) is 9.89 Å². The molecule has 0 bridgehead atoms. The fourth-order valence-electron chi connectivity index (χ4n) is 4.89. The maximum atomic E-state index is 10.4. The summed E-state index contributed by atoms with van der Waals surface area (Å²) in [6.07, 6.45) is 8.94. The summed E-state index contributed by atoms with van der Waals surface area (Å²) in [5, 5.41) is 17.5. The van der Waals surface area contributed by atoms with Crippen molar-refractivity contribution in [2.75, 3.05) is 46.4 Å². The van der Waals surface area contributed by atoms with Gasteiger partial charge in [-0.25, -0.2) is 0 Å². The normalized spacial score (nSPS) is 32.0. The van der Waals surface area contributed by atoms with Crippen LogP contribution in [0.1, 0.15) is 58.3 Å². The molecule has 3 N–H and O–H groups in total. The highest BCUT2D eigenvalue weighted by Crippen LogP contribution is 2.35. The molecular formula is C20H39IN4O2. The van der Waals surface area contributed by atoms with Crippen LogP contribution in [-0.4, -0.2) is 74.0 Å². The van der Waals surface area contributed by atoms with Crippen LogP contribution in [-0.2, 0) is 4.74 Å². The SMILES string of the molecule is CN=C(NCC1(C)CCCCC1O)NCC1(N2CCCC2)CCOCC1.I. The average Bonchev–Trinajstić information content (AvgIpc) is 3.21. The molecule has 27 heavy (non-hydrogen) atoms. The summed E-state index contributed by atoms with van der Waals surface area (Å²) < 4.78 is 5.64. The Hall–Kier alpha value is -0.120. The molecule has 3 rings (SSSR count). The number of hydrogen-bond donors (Lipinski definition) is 3. The van der Waals surface area contributed by atoms with Crippen molar-refractivity contribution < 1.29 is 9.84 Å². The molecule has 1 saturated carbocycles. The van der Waals surface area contributed by atoms with Gasteiger partial charge >= 0.3 is 0 Å². The molecule has 0 aromatic heterocycles. The topological polar surface area (TPSA) is 69.1 Å². The predicted molar refractivity (Wildman–Crippen MR) is 121 cm³/mol. The van der Waals surface area contributed by atoms with Crippen molar-refractivity contribution in [1.29, 1.82) is 0 Å². The summed E-state index contributed by atoms with van der Waals surface area (Å²) in [7, 11) is 1.83. The third-order valence-corrected chi connectivity index (χ3v) is 6.95. The predicted octanol–water partition coefficient (Wildman–Crippen LogP) is 2.36. The molecule has 0 aromatic rings. The van der Waals surface area contributed by atoms with Crippen molar-refractivity contribution in [3.05, 3.63) is 0 Å².